The van der Waals surface area contributed by atoms with Gasteiger partial charge in [-0.25, -0.2) is 12.7 Å². The monoisotopic (exact) mass is 290 g/mol. The van der Waals surface area contributed by atoms with E-state index in [1.807, 2.05) is 0 Å². The number of esters is 1. The normalized spacial score (nSPS) is 13.5. The van der Waals surface area contributed by atoms with Gasteiger partial charge < -0.3 is 9.15 Å². The van der Waals surface area contributed by atoms with Gasteiger partial charge in [0.2, 0.25) is 5.09 Å². The van der Waals surface area contributed by atoms with Crippen LogP contribution >= 0.6 is 0 Å². The van der Waals surface area contributed by atoms with Crippen molar-refractivity contribution in [3.05, 3.63) is 17.9 Å². The van der Waals surface area contributed by atoms with Crippen molar-refractivity contribution in [2.75, 3.05) is 21.2 Å². The summed E-state index contributed by atoms with van der Waals surface area (Å²) in [6.45, 7) is 1.88. The van der Waals surface area contributed by atoms with Crippen molar-refractivity contribution in [2.24, 2.45) is 0 Å². The third-order valence-corrected chi connectivity index (χ3v) is 4.20. The third-order valence-electron chi connectivity index (χ3n) is 2.51. The Morgan fingerprint density at radius 2 is 2.11 bits per heavy atom. The maximum absolute atomic E-state index is 11.8. The summed E-state index contributed by atoms with van der Waals surface area (Å²) in [6.07, 6.45) is 0. The zero-order valence-electron chi connectivity index (χ0n) is 11.3. The highest BCUT2D eigenvalue weighted by atomic mass is 32.2. The molecular formula is C11H18N2O5S. The Kier molecular flexibility index (Phi) is 5.10. The maximum Gasteiger partial charge on any atom is 0.322 e. The fourth-order valence-corrected chi connectivity index (χ4v) is 2.10. The molecule has 1 unspecified atom stereocenters. The van der Waals surface area contributed by atoms with Crippen LogP contribution in [-0.4, -0.2) is 45.9 Å². The summed E-state index contributed by atoms with van der Waals surface area (Å²) in [5.74, 6) is 0.0314. The summed E-state index contributed by atoms with van der Waals surface area (Å²) in [5, 5.41) is 2.74. The summed E-state index contributed by atoms with van der Waals surface area (Å²) in [5.41, 5.74) is 0. The Morgan fingerprint density at radius 1 is 1.47 bits per heavy atom. The molecule has 0 amide bonds. The lowest BCUT2D eigenvalue weighted by Crippen LogP contribution is -2.34. The van der Waals surface area contributed by atoms with E-state index in [0.29, 0.717) is 5.76 Å². The third kappa shape index (κ3) is 3.79. The molecule has 1 aromatic rings. The molecule has 1 N–H and O–H groups in total. The number of hydrogen-bond donors (Lipinski definition) is 1. The Balaban J connectivity index is 2.69. The fourth-order valence-electron chi connectivity index (χ4n) is 1.29. The lowest BCUT2D eigenvalue weighted by atomic mass is 10.3. The van der Waals surface area contributed by atoms with E-state index in [4.69, 9.17) is 4.42 Å². The molecular weight excluding hydrogens is 272 g/mol. The van der Waals surface area contributed by atoms with Gasteiger partial charge in [0.15, 0.2) is 0 Å². The second kappa shape index (κ2) is 6.18. The van der Waals surface area contributed by atoms with Gasteiger partial charge in [-0.2, -0.15) is 0 Å². The van der Waals surface area contributed by atoms with E-state index in [1.165, 1.54) is 27.3 Å². The zero-order valence-corrected chi connectivity index (χ0v) is 12.2. The van der Waals surface area contributed by atoms with Gasteiger partial charge in [0, 0.05) is 14.1 Å². The van der Waals surface area contributed by atoms with E-state index < -0.39 is 22.0 Å². The van der Waals surface area contributed by atoms with E-state index in [-0.39, 0.29) is 11.6 Å². The summed E-state index contributed by atoms with van der Waals surface area (Å²) >= 11 is 0. The molecule has 1 aromatic heterocycles. The van der Waals surface area contributed by atoms with Crippen LogP contribution in [0.15, 0.2) is 21.6 Å². The molecule has 19 heavy (non-hydrogen) atoms. The molecule has 7 nitrogen and oxygen atoms in total. The molecule has 1 rings (SSSR count). The molecule has 0 spiro atoms. The number of nitrogens with one attached hydrogen (secondary N) is 1. The van der Waals surface area contributed by atoms with E-state index >= 15 is 0 Å². The van der Waals surface area contributed by atoms with Crippen LogP contribution in [-0.2, 0) is 26.1 Å². The number of nitrogens with zero attached hydrogens (tertiary/aromatic N) is 1. The van der Waals surface area contributed by atoms with Gasteiger partial charge >= 0.3 is 5.97 Å². The average Bonchev–Trinajstić information content (AvgIpc) is 2.84. The number of ether oxygens (including phenoxy) is 1. The van der Waals surface area contributed by atoms with Gasteiger partial charge in [-0.3, -0.25) is 10.1 Å². The molecule has 0 bridgehead atoms. The zero-order chi connectivity index (χ0) is 14.6. The molecule has 108 valence electrons. The van der Waals surface area contributed by atoms with Crippen LogP contribution in [0.2, 0.25) is 0 Å². The van der Waals surface area contributed by atoms with Crippen molar-refractivity contribution < 1.29 is 22.4 Å². The highest BCUT2D eigenvalue weighted by molar-refractivity contribution is 7.88. The van der Waals surface area contributed by atoms with Gasteiger partial charge in [0.1, 0.15) is 11.8 Å². The SMILES string of the molecule is COC(=O)C(C)NCc1ccc(S(=O)(=O)N(C)C)o1. The van der Waals surface area contributed by atoms with Crippen LogP contribution in [0.25, 0.3) is 0 Å². The van der Waals surface area contributed by atoms with E-state index in [9.17, 15) is 13.2 Å². The minimum absolute atomic E-state index is 0.125. The predicted octanol–water partition coefficient (Wildman–Crippen LogP) is 0.181. The van der Waals surface area contributed by atoms with Gasteiger partial charge in [-0.05, 0) is 19.1 Å². The molecule has 0 radical (unpaired) electrons. The average molecular weight is 290 g/mol. The number of carbonyl (C=O) groups excluding carboxylic acids is 1. The molecule has 8 heteroatoms. The first-order chi connectivity index (χ1) is 8.78. The summed E-state index contributed by atoms with van der Waals surface area (Å²) in [7, 11) is 0.584. The highest BCUT2D eigenvalue weighted by Gasteiger charge is 2.21. The predicted molar refractivity (Wildman–Crippen MR) is 67.9 cm³/mol. The number of sulfonamides is 1. The maximum atomic E-state index is 11.8. The minimum atomic E-state index is -3.57. The van der Waals surface area contributed by atoms with Gasteiger partial charge in [0.05, 0.1) is 13.7 Å². The number of methoxy groups -OCH3 is 1. The smallest absolute Gasteiger partial charge is 0.322 e. The minimum Gasteiger partial charge on any atom is -0.468 e. The molecule has 1 heterocycles. The van der Waals surface area contributed by atoms with Crippen LogP contribution < -0.4 is 5.32 Å². The van der Waals surface area contributed by atoms with Gasteiger partial charge in [0.25, 0.3) is 10.0 Å². The van der Waals surface area contributed by atoms with Crippen molar-refractivity contribution in [3.8, 4) is 0 Å². The van der Waals surface area contributed by atoms with Crippen LogP contribution in [0.3, 0.4) is 0 Å². The van der Waals surface area contributed by atoms with E-state index in [1.54, 1.807) is 13.0 Å². The highest BCUT2D eigenvalue weighted by Crippen LogP contribution is 2.16. The van der Waals surface area contributed by atoms with Crippen molar-refractivity contribution in [3.63, 3.8) is 0 Å². The number of hydrogen-bond acceptors (Lipinski definition) is 6. The van der Waals surface area contributed by atoms with Gasteiger partial charge in [-0.15, -0.1) is 0 Å². The van der Waals surface area contributed by atoms with Crippen LogP contribution in [0.1, 0.15) is 12.7 Å². The van der Waals surface area contributed by atoms with Gasteiger partial charge in [-0.1, -0.05) is 0 Å². The lowest BCUT2D eigenvalue weighted by Gasteiger charge is -2.10. The number of furan rings is 1. The molecule has 0 aliphatic carbocycles. The van der Waals surface area contributed by atoms with E-state index in [0.717, 1.165) is 4.31 Å². The first-order valence-electron chi connectivity index (χ1n) is 5.61. The Labute approximate surface area is 112 Å². The number of carbonyl (C=O) groups is 1. The second-order valence-electron chi connectivity index (χ2n) is 4.13. The lowest BCUT2D eigenvalue weighted by molar-refractivity contribution is -0.142. The van der Waals surface area contributed by atoms with Crippen LogP contribution in [0, 0.1) is 0 Å². The van der Waals surface area contributed by atoms with Crippen molar-refractivity contribution >= 4 is 16.0 Å². The van der Waals surface area contributed by atoms with Crippen molar-refractivity contribution in [1.82, 2.24) is 9.62 Å². The summed E-state index contributed by atoms with van der Waals surface area (Å²) in [6, 6.07) is 2.44. The fraction of sp³-hybridized carbons (Fsp3) is 0.545. The topological polar surface area (TPSA) is 88.8 Å². The number of rotatable bonds is 6. The van der Waals surface area contributed by atoms with Crippen LogP contribution in [0.4, 0.5) is 0 Å². The van der Waals surface area contributed by atoms with Crippen molar-refractivity contribution in [2.45, 2.75) is 24.6 Å². The standard InChI is InChI=1S/C11H18N2O5S/c1-8(11(14)17-4)12-7-9-5-6-10(18-9)19(15,16)13(2)3/h5-6,8,12H,7H2,1-4H3. The molecule has 0 aliphatic rings. The molecule has 0 fully saturated rings. The first-order valence-corrected chi connectivity index (χ1v) is 7.05. The Hall–Kier alpha value is -1.38. The molecule has 0 saturated carbocycles. The Bertz CT molecular complexity index is 535. The summed E-state index contributed by atoms with van der Waals surface area (Å²) < 4.78 is 34.4. The molecule has 1 atom stereocenters. The quantitative estimate of drug-likeness (QED) is 0.752. The molecule has 0 aromatic carbocycles. The largest absolute Gasteiger partial charge is 0.468 e. The van der Waals surface area contributed by atoms with E-state index in [2.05, 4.69) is 10.1 Å². The summed E-state index contributed by atoms with van der Waals surface area (Å²) in [4.78, 5) is 11.2. The Morgan fingerprint density at radius 3 is 2.63 bits per heavy atom. The van der Waals surface area contributed by atoms with Crippen LogP contribution in [0.5, 0.6) is 0 Å². The molecule has 0 aliphatic heterocycles. The second-order valence-corrected chi connectivity index (χ2v) is 6.22. The molecule has 0 saturated heterocycles. The first kappa shape index (κ1) is 15.7. The van der Waals surface area contributed by atoms with Crippen molar-refractivity contribution in [1.29, 1.82) is 0 Å².